The fraction of sp³-hybridized carbons (Fsp3) is 0.577. The molecule has 4 rings (SSSR count). The number of carbonyl (C=O) groups is 1. The van der Waals surface area contributed by atoms with Gasteiger partial charge >= 0.3 is 0 Å². The zero-order chi connectivity index (χ0) is 24.0. The molecule has 2 aliphatic rings. The van der Waals surface area contributed by atoms with E-state index in [-0.39, 0.29) is 12.5 Å². The minimum Gasteiger partial charge on any atom is -0.492 e. The Hall–Kier alpha value is -2.71. The van der Waals surface area contributed by atoms with Crippen molar-refractivity contribution in [3.63, 3.8) is 0 Å². The molecule has 1 aromatic heterocycles. The lowest BCUT2D eigenvalue weighted by Crippen LogP contribution is -2.54. The maximum Gasteiger partial charge on any atom is 0.253 e. The van der Waals surface area contributed by atoms with Gasteiger partial charge in [-0.1, -0.05) is 6.42 Å². The van der Waals surface area contributed by atoms with Crippen molar-refractivity contribution in [2.75, 3.05) is 57.8 Å². The summed E-state index contributed by atoms with van der Waals surface area (Å²) in [6.07, 6.45) is 6.92. The standard InChI is InChI=1S/C26H37N5O3/c1-21-17-24(28-20-27-21)31-14-6-11-26(33,19-31)18-29(2)25(32)22-7-9-23(10-8-22)34-16-15-30-12-4-3-5-13-30/h7-10,17,20,33H,3-6,11-16,18-19H2,1-2H3. The first-order chi connectivity index (χ1) is 16.4. The van der Waals surface area contributed by atoms with Gasteiger partial charge in [-0.05, 0) is 70.0 Å². The van der Waals surface area contributed by atoms with Crippen molar-refractivity contribution < 1.29 is 14.6 Å². The second-order valence-electron chi connectivity index (χ2n) is 9.70. The Bertz CT molecular complexity index is 948. The number of nitrogens with zero attached hydrogens (tertiary/aromatic N) is 5. The fourth-order valence-corrected chi connectivity index (χ4v) is 4.95. The van der Waals surface area contributed by atoms with Gasteiger partial charge in [-0.25, -0.2) is 9.97 Å². The minimum atomic E-state index is -0.987. The molecule has 0 radical (unpaired) electrons. The maximum absolute atomic E-state index is 13.0. The predicted octanol–water partition coefficient (Wildman–Crippen LogP) is 2.75. The molecule has 184 valence electrons. The minimum absolute atomic E-state index is 0.108. The summed E-state index contributed by atoms with van der Waals surface area (Å²) in [5.41, 5.74) is 0.498. The van der Waals surface area contributed by atoms with Crippen molar-refractivity contribution in [2.24, 2.45) is 0 Å². The van der Waals surface area contributed by atoms with Crippen molar-refractivity contribution in [1.82, 2.24) is 19.8 Å². The van der Waals surface area contributed by atoms with Gasteiger partial charge in [0, 0.05) is 44.0 Å². The molecule has 1 atom stereocenters. The second kappa shape index (κ2) is 11.1. The Morgan fingerprint density at radius 3 is 2.62 bits per heavy atom. The van der Waals surface area contributed by atoms with E-state index in [0.717, 1.165) is 49.9 Å². The summed E-state index contributed by atoms with van der Waals surface area (Å²) in [4.78, 5) is 27.7. The molecule has 0 saturated carbocycles. The van der Waals surface area contributed by atoms with E-state index in [4.69, 9.17) is 4.74 Å². The van der Waals surface area contributed by atoms with Crippen molar-refractivity contribution in [1.29, 1.82) is 0 Å². The first kappa shape index (κ1) is 24.4. The molecule has 2 aromatic rings. The molecule has 1 unspecified atom stereocenters. The summed E-state index contributed by atoms with van der Waals surface area (Å²) >= 11 is 0. The molecule has 0 aliphatic carbocycles. The fourth-order valence-electron chi connectivity index (χ4n) is 4.95. The van der Waals surface area contributed by atoms with E-state index in [0.29, 0.717) is 25.1 Å². The number of hydrogen-bond donors (Lipinski definition) is 1. The number of rotatable bonds is 8. The van der Waals surface area contributed by atoms with E-state index >= 15 is 0 Å². The average Bonchev–Trinajstić information content (AvgIpc) is 2.84. The zero-order valence-corrected chi connectivity index (χ0v) is 20.4. The summed E-state index contributed by atoms with van der Waals surface area (Å²) in [5, 5.41) is 11.3. The van der Waals surface area contributed by atoms with E-state index in [1.54, 1.807) is 30.4 Å². The highest BCUT2D eigenvalue weighted by atomic mass is 16.5. The van der Waals surface area contributed by atoms with Crippen LogP contribution in [0.25, 0.3) is 0 Å². The quantitative estimate of drug-likeness (QED) is 0.639. The number of benzene rings is 1. The van der Waals surface area contributed by atoms with Gasteiger partial charge in [0.1, 0.15) is 24.5 Å². The first-order valence-electron chi connectivity index (χ1n) is 12.4. The Labute approximate surface area is 202 Å². The van der Waals surface area contributed by atoms with Crippen molar-refractivity contribution in [2.45, 2.75) is 44.6 Å². The monoisotopic (exact) mass is 467 g/mol. The van der Waals surface area contributed by atoms with E-state index in [1.807, 2.05) is 25.1 Å². The molecule has 34 heavy (non-hydrogen) atoms. The molecule has 2 saturated heterocycles. The molecule has 1 aromatic carbocycles. The van der Waals surface area contributed by atoms with Crippen molar-refractivity contribution >= 4 is 11.7 Å². The molecular weight excluding hydrogens is 430 g/mol. The van der Waals surface area contributed by atoms with Crippen molar-refractivity contribution in [3.8, 4) is 5.75 Å². The van der Waals surface area contributed by atoms with Crippen LogP contribution in [0, 0.1) is 6.92 Å². The SMILES string of the molecule is Cc1cc(N2CCCC(O)(CN(C)C(=O)c3ccc(OCCN4CCCCC4)cc3)C2)ncn1. The van der Waals surface area contributed by atoms with Crippen LogP contribution in [-0.4, -0.2) is 89.3 Å². The third kappa shape index (κ3) is 6.45. The van der Waals surface area contributed by atoms with Crippen LogP contribution in [0.2, 0.25) is 0 Å². The van der Waals surface area contributed by atoms with Gasteiger partial charge in [0.15, 0.2) is 0 Å². The molecule has 2 fully saturated rings. The highest BCUT2D eigenvalue weighted by Gasteiger charge is 2.36. The van der Waals surface area contributed by atoms with Crippen LogP contribution >= 0.6 is 0 Å². The van der Waals surface area contributed by atoms with Gasteiger partial charge in [-0.15, -0.1) is 0 Å². The Balaban J connectivity index is 1.29. The van der Waals surface area contributed by atoms with Gasteiger partial charge in [-0.2, -0.15) is 0 Å². The summed E-state index contributed by atoms with van der Waals surface area (Å²) in [6.45, 7) is 7.37. The van der Waals surface area contributed by atoms with Crippen LogP contribution in [0.5, 0.6) is 5.75 Å². The number of piperidine rings is 2. The van der Waals surface area contributed by atoms with Gasteiger partial charge < -0.3 is 19.6 Å². The number of aromatic nitrogens is 2. The van der Waals surface area contributed by atoms with Crippen LogP contribution in [0.1, 0.15) is 48.2 Å². The molecule has 8 heteroatoms. The van der Waals surface area contributed by atoms with Gasteiger partial charge in [0.25, 0.3) is 5.91 Å². The van der Waals surface area contributed by atoms with Crippen LogP contribution in [0.15, 0.2) is 36.7 Å². The van der Waals surface area contributed by atoms with Crippen molar-refractivity contribution in [3.05, 3.63) is 47.9 Å². The lowest BCUT2D eigenvalue weighted by molar-refractivity contribution is -0.000142. The largest absolute Gasteiger partial charge is 0.492 e. The van der Waals surface area contributed by atoms with Crippen LogP contribution in [0.3, 0.4) is 0 Å². The maximum atomic E-state index is 13.0. The van der Waals surface area contributed by atoms with Gasteiger partial charge in [0.2, 0.25) is 0 Å². The molecular formula is C26H37N5O3. The highest BCUT2D eigenvalue weighted by Crippen LogP contribution is 2.26. The van der Waals surface area contributed by atoms with E-state index in [9.17, 15) is 9.90 Å². The molecule has 1 N–H and O–H groups in total. The molecule has 2 aliphatic heterocycles. The summed E-state index contributed by atoms with van der Waals surface area (Å²) in [6, 6.07) is 9.24. The zero-order valence-electron chi connectivity index (χ0n) is 20.4. The number of ether oxygens (including phenoxy) is 1. The number of β-amino-alcohol motifs (C(OH)–C–C–N with tert-alkyl or cyclic N) is 1. The normalized spacial score (nSPS) is 21.3. The molecule has 0 spiro atoms. The molecule has 0 bridgehead atoms. The highest BCUT2D eigenvalue weighted by molar-refractivity contribution is 5.94. The Morgan fingerprint density at radius 1 is 1.12 bits per heavy atom. The number of likely N-dealkylation sites (N-methyl/N-ethyl adjacent to an activating group) is 1. The average molecular weight is 468 g/mol. The van der Waals surface area contributed by atoms with Gasteiger partial charge in [0.05, 0.1) is 12.1 Å². The number of amides is 1. The van der Waals surface area contributed by atoms with Gasteiger partial charge in [-0.3, -0.25) is 9.69 Å². The summed E-state index contributed by atoms with van der Waals surface area (Å²) < 4.78 is 5.88. The topological polar surface area (TPSA) is 82.0 Å². The summed E-state index contributed by atoms with van der Waals surface area (Å²) in [5.74, 6) is 1.48. The van der Waals surface area contributed by atoms with Crippen LogP contribution < -0.4 is 9.64 Å². The third-order valence-corrected chi connectivity index (χ3v) is 6.77. The smallest absolute Gasteiger partial charge is 0.253 e. The lowest BCUT2D eigenvalue weighted by Gasteiger charge is -2.41. The second-order valence-corrected chi connectivity index (χ2v) is 9.70. The Kier molecular flexibility index (Phi) is 8.00. The predicted molar refractivity (Wildman–Crippen MR) is 132 cm³/mol. The number of anilines is 1. The van der Waals surface area contributed by atoms with E-state index in [1.165, 1.54) is 19.3 Å². The van der Waals surface area contributed by atoms with Crippen LogP contribution in [0.4, 0.5) is 5.82 Å². The summed E-state index contributed by atoms with van der Waals surface area (Å²) in [7, 11) is 1.75. The number of hydrogen-bond acceptors (Lipinski definition) is 7. The van der Waals surface area contributed by atoms with Crippen LogP contribution in [-0.2, 0) is 0 Å². The van der Waals surface area contributed by atoms with E-state index < -0.39 is 5.60 Å². The Morgan fingerprint density at radius 2 is 1.88 bits per heavy atom. The number of likely N-dealkylation sites (tertiary alicyclic amines) is 1. The van der Waals surface area contributed by atoms with E-state index in [2.05, 4.69) is 19.8 Å². The lowest BCUT2D eigenvalue weighted by atomic mass is 9.92. The number of aliphatic hydroxyl groups is 1. The molecule has 1 amide bonds. The molecule has 8 nitrogen and oxygen atoms in total. The number of carbonyl (C=O) groups excluding carboxylic acids is 1. The first-order valence-corrected chi connectivity index (χ1v) is 12.4. The third-order valence-electron chi connectivity index (χ3n) is 6.77. The number of aryl methyl sites for hydroxylation is 1. The molecule has 3 heterocycles.